The van der Waals surface area contributed by atoms with Crippen LogP contribution < -0.4 is 16.4 Å². The molecule has 6 nitrogen and oxygen atoms in total. The van der Waals surface area contributed by atoms with E-state index in [1.165, 1.54) is 0 Å². The summed E-state index contributed by atoms with van der Waals surface area (Å²) in [6, 6.07) is 0. The second-order valence-electron chi connectivity index (χ2n) is 4.59. The zero-order valence-electron chi connectivity index (χ0n) is 10.2. The topological polar surface area (TPSA) is 104 Å². The molecule has 2 atom stereocenters. The highest BCUT2D eigenvalue weighted by Gasteiger charge is 2.40. The summed E-state index contributed by atoms with van der Waals surface area (Å²) in [4.78, 5) is 22.7. The average Bonchev–Trinajstić information content (AvgIpc) is 2.75. The van der Waals surface area contributed by atoms with Crippen LogP contribution in [0.25, 0.3) is 0 Å². The fraction of sp³-hybridized carbons (Fsp3) is 0.818. The molecule has 98 valence electrons. The van der Waals surface area contributed by atoms with Crippen molar-refractivity contribution in [2.75, 3.05) is 19.6 Å². The van der Waals surface area contributed by atoms with E-state index in [1.54, 1.807) is 0 Å². The van der Waals surface area contributed by atoms with E-state index in [0.29, 0.717) is 6.54 Å². The first-order valence-electron chi connectivity index (χ1n) is 5.98. The molecule has 1 aliphatic heterocycles. The fourth-order valence-corrected chi connectivity index (χ4v) is 2.22. The van der Waals surface area contributed by atoms with Crippen molar-refractivity contribution in [3.05, 3.63) is 0 Å². The molecule has 5 N–H and O–H groups in total. The molecule has 0 radical (unpaired) electrons. The highest BCUT2D eigenvalue weighted by Crippen LogP contribution is 2.31. The number of hydrogen-bond donors (Lipinski definition) is 4. The Hall–Kier alpha value is -1.14. The van der Waals surface area contributed by atoms with E-state index in [0.717, 1.165) is 25.8 Å². The van der Waals surface area contributed by atoms with Gasteiger partial charge in [-0.25, -0.2) is 0 Å². The lowest BCUT2D eigenvalue weighted by atomic mass is 9.81. The van der Waals surface area contributed by atoms with Gasteiger partial charge in [0.25, 0.3) is 0 Å². The normalized spacial score (nSPS) is 25.5. The Kier molecular flexibility index (Phi) is 4.89. The standard InChI is InChI=1S/C11H21N3O3/c1-2-3-11(4-5-13-7-11)10(17)14-6-8(15)9(12)16/h8,13,15H,2-7H2,1H3,(H2,12,16)(H,14,17). The minimum absolute atomic E-state index is 0.107. The second-order valence-corrected chi connectivity index (χ2v) is 4.59. The third kappa shape index (κ3) is 3.41. The summed E-state index contributed by atoms with van der Waals surface area (Å²) >= 11 is 0. The van der Waals surface area contributed by atoms with E-state index in [-0.39, 0.29) is 12.5 Å². The molecule has 17 heavy (non-hydrogen) atoms. The number of nitrogens with one attached hydrogen (secondary N) is 2. The monoisotopic (exact) mass is 243 g/mol. The molecule has 1 rings (SSSR count). The van der Waals surface area contributed by atoms with Crippen molar-refractivity contribution < 1.29 is 14.7 Å². The Balaban J connectivity index is 2.52. The van der Waals surface area contributed by atoms with E-state index in [1.807, 2.05) is 6.92 Å². The van der Waals surface area contributed by atoms with Gasteiger partial charge in [0, 0.05) is 6.54 Å². The van der Waals surface area contributed by atoms with Gasteiger partial charge in [-0.05, 0) is 19.4 Å². The molecule has 0 aromatic carbocycles. The van der Waals surface area contributed by atoms with Crippen LogP contribution in [0.15, 0.2) is 0 Å². The van der Waals surface area contributed by atoms with Crippen LogP contribution in [-0.2, 0) is 9.59 Å². The second kappa shape index (κ2) is 5.97. The molecule has 2 unspecified atom stereocenters. The van der Waals surface area contributed by atoms with Crippen LogP contribution in [0, 0.1) is 5.41 Å². The number of hydrogen-bond acceptors (Lipinski definition) is 4. The maximum Gasteiger partial charge on any atom is 0.248 e. The summed E-state index contributed by atoms with van der Waals surface area (Å²) in [5.74, 6) is -0.927. The number of aliphatic hydroxyl groups is 1. The Morgan fingerprint density at radius 2 is 2.29 bits per heavy atom. The van der Waals surface area contributed by atoms with Gasteiger partial charge in [0.2, 0.25) is 11.8 Å². The van der Waals surface area contributed by atoms with Crippen LogP contribution in [0.4, 0.5) is 0 Å². The van der Waals surface area contributed by atoms with Crippen LogP contribution in [0.2, 0.25) is 0 Å². The van der Waals surface area contributed by atoms with Crippen molar-refractivity contribution in [3.63, 3.8) is 0 Å². The number of rotatable bonds is 6. The zero-order chi connectivity index (χ0) is 12.9. The molecule has 1 aliphatic rings. The molecule has 1 saturated heterocycles. The number of carbonyl (C=O) groups excluding carboxylic acids is 2. The maximum absolute atomic E-state index is 12.1. The van der Waals surface area contributed by atoms with E-state index >= 15 is 0 Å². The quantitative estimate of drug-likeness (QED) is 0.467. The third-order valence-corrected chi connectivity index (χ3v) is 3.24. The van der Waals surface area contributed by atoms with E-state index in [2.05, 4.69) is 10.6 Å². The Bertz CT molecular complexity index is 288. The fourth-order valence-electron chi connectivity index (χ4n) is 2.22. The average molecular weight is 243 g/mol. The molecule has 0 bridgehead atoms. The Morgan fingerprint density at radius 3 is 2.76 bits per heavy atom. The smallest absolute Gasteiger partial charge is 0.248 e. The minimum atomic E-state index is -1.31. The molecule has 0 saturated carbocycles. The molecule has 0 aromatic heterocycles. The number of carbonyl (C=O) groups is 2. The maximum atomic E-state index is 12.1. The molecule has 1 heterocycles. The van der Waals surface area contributed by atoms with Crippen LogP contribution in [0.5, 0.6) is 0 Å². The molecule has 0 aromatic rings. The number of amides is 2. The van der Waals surface area contributed by atoms with Gasteiger partial charge in [0.15, 0.2) is 0 Å². The number of aliphatic hydroxyl groups excluding tert-OH is 1. The van der Waals surface area contributed by atoms with Gasteiger partial charge in [-0.15, -0.1) is 0 Å². The van der Waals surface area contributed by atoms with Gasteiger partial charge in [0.1, 0.15) is 6.10 Å². The van der Waals surface area contributed by atoms with Crippen LogP contribution >= 0.6 is 0 Å². The first-order valence-corrected chi connectivity index (χ1v) is 5.98. The lowest BCUT2D eigenvalue weighted by Gasteiger charge is -2.26. The summed E-state index contributed by atoms with van der Waals surface area (Å²) < 4.78 is 0. The number of primary amides is 1. The summed E-state index contributed by atoms with van der Waals surface area (Å²) in [6.45, 7) is 3.40. The highest BCUT2D eigenvalue weighted by atomic mass is 16.3. The third-order valence-electron chi connectivity index (χ3n) is 3.24. The van der Waals surface area contributed by atoms with Gasteiger partial charge < -0.3 is 21.5 Å². The van der Waals surface area contributed by atoms with Gasteiger partial charge in [-0.2, -0.15) is 0 Å². The molecular formula is C11H21N3O3. The first kappa shape index (κ1) is 13.9. The molecule has 2 amide bonds. The zero-order valence-corrected chi connectivity index (χ0v) is 10.2. The first-order chi connectivity index (χ1) is 8.02. The summed E-state index contributed by atoms with van der Waals surface area (Å²) in [6.07, 6.45) is 1.21. The SMILES string of the molecule is CCCC1(C(=O)NCC(O)C(N)=O)CCNC1. The lowest BCUT2D eigenvalue weighted by Crippen LogP contribution is -2.47. The number of nitrogens with two attached hydrogens (primary N) is 1. The van der Waals surface area contributed by atoms with Crippen molar-refractivity contribution in [2.45, 2.75) is 32.3 Å². The highest BCUT2D eigenvalue weighted by molar-refractivity contribution is 5.84. The molecule has 0 spiro atoms. The van der Waals surface area contributed by atoms with Gasteiger partial charge >= 0.3 is 0 Å². The van der Waals surface area contributed by atoms with Crippen molar-refractivity contribution in [1.29, 1.82) is 0 Å². The van der Waals surface area contributed by atoms with E-state index in [4.69, 9.17) is 5.73 Å². The van der Waals surface area contributed by atoms with E-state index in [9.17, 15) is 14.7 Å². The summed E-state index contributed by atoms with van der Waals surface area (Å²) in [5, 5.41) is 15.0. The van der Waals surface area contributed by atoms with Crippen molar-refractivity contribution in [3.8, 4) is 0 Å². The molecule has 6 heteroatoms. The van der Waals surface area contributed by atoms with Crippen LogP contribution in [-0.4, -0.2) is 42.7 Å². The Labute approximate surface area is 101 Å². The molecule has 0 aliphatic carbocycles. The van der Waals surface area contributed by atoms with Crippen LogP contribution in [0.3, 0.4) is 0 Å². The van der Waals surface area contributed by atoms with Crippen molar-refractivity contribution in [2.24, 2.45) is 11.1 Å². The summed E-state index contributed by atoms with van der Waals surface area (Å²) in [5.41, 5.74) is 4.52. The predicted molar refractivity (Wildman–Crippen MR) is 63.0 cm³/mol. The Morgan fingerprint density at radius 1 is 1.59 bits per heavy atom. The summed E-state index contributed by atoms with van der Waals surface area (Å²) in [7, 11) is 0. The lowest BCUT2D eigenvalue weighted by molar-refractivity contribution is -0.132. The van der Waals surface area contributed by atoms with Crippen molar-refractivity contribution in [1.82, 2.24) is 10.6 Å². The van der Waals surface area contributed by atoms with Crippen LogP contribution in [0.1, 0.15) is 26.2 Å². The van der Waals surface area contributed by atoms with Gasteiger partial charge in [0.05, 0.1) is 12.0 Å². The van der Waals surface area contributed by atoms with Crippen molar-refractivity contribution >= 4 is 11.8 Å². The predicted octanol–water partition coefficient (Wildman–Crippen LogP) is -1.27. The van der Waals surface area contributed by atoms with Gasteiger partial charge in [-0.1, -0.05) is 13.3 Å². The molecular weight excluding hydrogens is 222 g/mol. The molecule has 1 fully saturated rings. The minimum Gasteiger partial charge on any atom is -0.381 e. The van der Waals surface area contributed by atoms with Gasteiger partial charge in [-0.3, -0.25) is 9.59 Å². The van der Waals surface area contributed by atoms with E-state index < -0.39 is 17.4 Å². The largest absolute Gasteiger partial charge is 0.381 e.